The third-order valence-corrected chi connectivity index (χ3v) is 3.69. The summed E-state index contributed by atoms with van der Waals surface area (Å²) in [5.41, 5.74) is -0.0510. The lowest BCUT2D eigenvalue weighted by molar-refractivity contribution is 0.00578. The Labute approximate surface area is 109 Å². The highest BCUT2D eigenvalue weighted by atomic mass is 16.7. The van der Waals surface area contributed by atoms with Gasteiger partial charge in [0, 0.05) is 6.20 Å². The summed E-state index contributed by atoms with van der Waals surface area (Å²) >= 11 is 0. The van der Waals surface area contributed by atoms with Gasteiger partial charge in [-0.15, -0.1) is 5.10 Å². The Morgan fingerprint density at radius 1 is 1.11 bits per heavy atom. The first-order valence-electron chi connectivity index (χ1n) is 6.31. The molecule has 18 heavy (non-hydrogen) atoms. The van der Waals surface area contributed by atoms with Crippen LogP contribution in [0.15, 0.2) is 6.20 Å². The smallest absolute Gasteiger partial charge is 0.398 e. The van der Waals surface area contributed by atoms with Crippen molar-refractivity contribution in [1.82, 2.24) is 15.0 Å². The van der Waals surface area contributed by atoms with E-state index < -0.39 is 7.12 Å². The van der Waals surface area contributed by atoms with E-state index >= 15 is 0 Å². The molecule has 1 fully saturated rings. The van der Waals surface area contributed by atoms with E-state index in [1.807, 2.05) is 38.6 Å². The van der Waals surface area contributed by atoms with Crippen LogP contribution in [-0.4, -0.2) is 33.3 Å². The summed E-state index contributed by atoms with van der Waals surface area (Å²) in [6.07, 6.45) is 1.89. The quantitative estimate of drug-likeness (QED) is 0.706. The van der Waals surface area contributed by atoms with Gasteiger partial charge >= 0.3 is 7.12 Å². The molecule has 6 heteroatoms. The Kier molecular flexibility index (Phi) is 2.87. The average Bonchev–Trinajstić information content (AvgIpc) is 2.69. The molecule has 0 N–H and O–H groups in total. The number of nitrogens with zero attached hydrogens (tertiary/aromatic N) is 3. The van der Waals surface area contributed by atoms with Crippen molar-refractivity contribution in [3.63, 3.8) is 0 Å². The van der Waals surface area contributed by atoms with E-state index in [1.54, 1.807) is 0 Å². The molecule has 1 aliphatic heterocycles. The van der Waals surface area contributed by atoms with Gasteiger partial charge in [0.1, 0.15) is 5.59 Å². The number of aromatic nitrogens is 3. The Balaban J connectivity index is 2.23. The fraction of sp³-hybridized carbons (Fsp3) is 0.833. The summed E-state index contributed by atoms with van der Waals surface area (Å²) in [5, 5.41) is 8.29. The standard InChI is InChI=1S/C12H22BN3O2/c1-10(2,3)16-8-9(14-15-16)13-17-11(4,5)12(6,7)18-13/h8H,1-7H3. The van der Waals surface area contributed by atoms with E-state index in [-0.39, 0.29) is 16.7 Å². The van der Waals surface area contributed by atoms with Gasteiger partial charge in [-0.25, -0.2) is 4.68 Å². The molecule has 1 aromatic rings. The number of hydrogen-bond acceptors (Lipinski definition) is 4. The molecule has 0 aliphatic carbocycles. The maximum Gasteiger partial charge on any atom is 0.518 e. The fourth-order valence-electron chi connectivity index (χ4n) is 1.68. The lowest BCUT2D eigenvalue weighted by atomic mass is 9.85. The van der Waals surface area contributed by atoms with Crippen LogP contribution in [0, 0.1) is 0 Å². The van der Waals surface area contributed by atoms with Crippen LogP contribution in [0.3, 0.4) is 0 Å². The Hall–Kier alpha value is -0.875. The topological polar surface area (TPSA) is 49.2 Å². The highest BCUT2D eigenvalue weighted by Crippen LogP contribution is 2.36. The molecule has 0 unspecified atom stereocenters. The van der Waals surface area contributed by atoms with Gasteiger partial charge in [-0.05, 0) is 48.5 Å². The van der Waals surface area contributed by atoms with Crippen LogP contribution >= 0.6 is 0 Å². The van der Waals surface area contributed by atoms with Crippen LogP contribution in [-0.2, 0) is 14.8 Å². The molecular formula is C12H22BN3O2. The van der Waals surface area contributed by atoms with Gasteiger partial charge in [-0.3, -0.25) is 0 Å². The molecule has 0 radical (unpaired) electrons. The summed E-state index contributed by atoms with van der Waals surface area (Å²) in [7, 11) is -0.439. The van der Waals surface area contributed by atoms with Crippen molar-refractivity contribution in [1.29, 1.82) is 0 Å². The molecule has 1 aliphatic rings. The lowest BCUT2D eigenvalue weighted by Gasteiger charge is -2.32. The van der Waals surface area contributed by atoms with E-state index in [1.165, 1.54) is 0 Å². The Bertz CT molecular complexity index is 432. The van der Waals surface area contributed by atoms with Crippen LogP contribution in [0.4, 0.5) is 0 Å². The van der Waals surface area contributed by atoms with Gasteiger partial charge in [0.15, 0.2) is 0 Å². The second-order valence-corrected chi connectivity index (χ2v) is 6.85. The highest BCUT2D eigenvalue weighted by molar-refractivity contribution is 6.61. The van der Waals surface area contributed by atoms with Crippen molar-refractivity contribution in [3.05, 3.63) is 6.20 Å². The summed E-state index contributed by atoms with van der Waals surface area (Å²) < 4.78 is 13.7. The summed E-state index contributed by atoms with van der Waals surface area (Å²) in [6.45, 7) is 14.4. The highest BCUT2D eigenvalue weighted by Gasteiger charge is 2.52. The van der Waals surface area contributed by atoms with E-state index in [0.717, 1.165) is 5.59 Å². The molecule has 1 aromatic heterocycles. The van der Waals surface area contributed by atoms with Crippen molar-refractivity contribution in [2.24, 2.45) is 0 Å². The van der Waals surface area contributed by atoms with Crippen LogP contribution < -0.4 is 5.59 Å². The normalized spacial score (nSPS) is 22.5. The Morgan fingerprint density at radius 2 is 1.61 bits per heavy atom. The first kappa shape index (κ1) is 13.6. The SMILES string of the molecule is CC(C)(C)n1cc(B2OC(C)(C)C(C)(C)O2)nn1. The minimum Gasteiger partial charge on any atom is -0.398 e. The predicted molar refractivity (Wildman–Crippen MR) is 70.7 cm³/mol. The molecule has 0 amide bonds. The largest absolute Gasteiger partial charge is 0.518 e. The van der Waals surface area contributed by atoms with Crippen molar-refractivity contribution in [3.8, 4) is 0 Å². The molecule has 0 aromatic carbocycles. The monoisotopic (exact) mass is 251 g/mol. The molecule has 2 rings (SSSR count). The second-order valence-electron chi connectivity index (χ2n) is 6.85. The molecule has 2 heterocycles. The summed E-state index contributed by atoms with van der Waals surface area (Å²) in [6, 6.07) is 0. The zero-order valence-electron chi connectivity index (χ0n) is 12.3. The minimum absolute atomic E-state index is 0.0884. The van der Waals surface area contributed by atoms with Gasteiger partial charge in [-0.1, -0.05) is 5.21 Å². The van der Waals surface area contributed by atoms with Crippen LogP contribution in [0.5, 0.6) is 0 Å². The third kappa shape index (κ3) is 2.19. The van der Waals surface area contributed by atoms with Gasteiger partial charge in [0.25, 0.3) is 0 Å². The lowest BCUT2D eigenvalue weighted by Crippen LogP contribution is -2.41. The van der Waals surface area contributed by atoms with Crippen LogP contribution in [0.25, 0.3) is 0 Å². The van der Waals surface area contributed by atoms with Gasteiger partial charge in [0.2, 0.25) is 0 Å². The molecule has 0 spiro atoms. The van der Waals surface area contributed by atoms with Crippen molar-refractivity contribution >= 4 is 12.7 Å². The van der Waals surface area contributed by atoms with Crippen LogP contribution in [0.1, 0.15) is 48.5 Å². The molecule has 100 valence electrons. The van der Waals surface area contributed by atoms with Crippen molar-refractivity contribution in [2.45, 2.75) is 65.2 Å². The predicted octanol–water partition coefficient (Wildman–Crippen LogP) is 1.33. The average molecular weight is 251 g/mol. The Morgan fingerprint density at radius 3 is 2.00 bits per heavy atom. The van der Waals surface area contributed by atoms with Gasteiger partial charge in [0.05, 0.1) is 16.7 Å². The molecule has 5 nitrogen and oxygen atoms in total. The second kappa shape index (κ2) is 3.81. The summed E-state index contributed by atoms with van der Waals surface area (Å²) in [4.78, 5) is 0. The third-order valence-electron chi connectivity index (χ3n) is 3.69. The zero-order valence-corrected chi connectivity index (χ0v) is 12.3. The molecule has 0 saturated carbocycles. The number of rotatable bonds is 1. The molecule has 0 atom stereocenters. The fourth-order valence-corrected chi connectivity index (χ4v) is 1.68. The zero-order chi connectivity index (χ0) is 13.8. The van der Waals surface area contributed by atoms with Crippen molar-refractivity contribution in [2.75, 3.05) is 0 Å². The molecule has 1 saturated heterocycles. The number of hydrogen-bond donors (Lipinski definition) is 0. The molecular weight excluding hydrogens is 229 g/mol. The van der Waals surface area contributed by atoms with Gasteiger partial charge < -0.3 is 9.31 Å². The van der Waals surface area contributed by atoms with E-state index in [2.05, 4.69) is 31.1 Å². The van der Waals surface area contributed by atoms with E-state index in [4.69, 9.17) is 9.31 Å². The van der Waals surface area contributed by atoms with Gasteiger partial charge in [-0.2, -0.15) is 0 Å². The maximum atomic E-state index is 5.94. The van der Waals surface area contributed by atoms with E-state index in [9.17, 15) is 0 Å². The first-order valence-corrected chi connectivity index (χ1v) is 6.31. The maximum absolute atomic E-state index is 5.94. The summed E-state index contributed by atoms with van der Waals surface area (Å²) in [5.74, 6) is 0. The van der Waals surface area contributed by atoms with E-state index in [0.29, 0.717) is 0 Å². The van der Waals surface area contributed by atoms with Crippen molar-refractivity contribution < 1.29 is 9.31 Å². The first-order chi connectivity index (χ1) is 8.03. The molecule has 0 bridgehead atoms. The van der Waals surface area contributed by atoms with Crippen LogP contribution in [0.2, 0.25) is 0 Å². The minimum atomic E-state index is -0.439.